The van der Waals surface area contributed by atoms with Gasteiger partial charge in [0.2, 0.25) is 0 Å². The van der Waals surface area contributed by atoms with E-state index >= 15 is 0 Å². The first kappa shape index (κ1) is 22.5. The first-order valence-electron chi connectivity index (χ1n) is 9.99. The first-order valence-corrected chi connectivity index (χ1v) is 10.4. The maximum absolute atomic E-state index is 14.6. The van der Waals surface area contributed by atoms with E-state index in [0.717, 1.165) is 11.1 Å². The largest absolute Gasteiger partial charge is 0.493 e. The third kappa shape index (κ3) is 4.61. The molecule has 2 N–H and O–H groups in total. The smallest absolute Gasteiger partial charge is 0.155 e. The second-order valence-electron chi connectivity index (χ2n) is 7.68. The lowest BCUT2D eigenvalue weighted by molar-refractivity contribution is -0.124. The Kier molecular flexibility index (Phi) is 7.01. The predicted octanol–water partition coefficient (Wildman–Crippen LogP) is 4.18. The molecule has 0 unspecified atom stereocenters. The Bertz CT molecular complexity index is 922. The molecule has 3 atom stereocenters. The minimum absolute atomic E-state index is 0.178. The molecule has 0 heterocycles. The molecule has 1 aliphatic rings. The van der Waals surface area contributed by atoms with Gasteiger partial charge in [0.25, 0.3) is 0 Å². The zero-order chi connectivity index (χ0) is 21.9. The van der Waals surface area contributed by atoms with Crippen LogP contribution in [-0.4, -0.2) is 35.8 Å². The number of fused-ring (bicyclic) bond motifs is 1. The molecule has 0 aromatic heterocycles. The third-order valence-corrected chi connectivity index (χ3v) is 5.83. The number of ether oxygens (including phenoxy) is 2. The topological polar surface area (TPSA) is 67.8 Å². The van der Waals surface area contributed by atoms with E-state index in [9.17, 15) is 14.3 Å². The van der Waals surface area contributed by atoms with E-state index in [1.54, 1.807) is 19.1 Å². The Labute approximate surface area is 181 Å². The molecule has 7 heteroatoms. The van der Waals surface area contributed by atoms with Crippen molar-refractivity contribution in [2.75, 3.05) is 13.2 Å². The van der Waals surface area contributed by atoms with Crippen LogP contribution in [0.2, 0.25) is 5.02 Å². The summed E-state index contributed by atoms with van der Waals surface area (Å²) in [6.45, 7) is 5.24. The average Bonchev–Trinajstić information content (AvgIpc) is 3.04. The number of halogens is 2. The van der Waals surface area contributed by atoms with E-state index in [2.05, 4.69) is 5.32 Å². The Morgan fingerprint density at radius 3 is 2.73 bits per heavy atom. The van der Waals surface area contributed by atoms with E-state index in [0.29, 0.717) is 35.1 Å². The number of hydrogen-bond acceptors (Lipinski definition) is 5. The molecule has 30 heavy (non-hydrogen) atoms. The van der Waals surface area contributed by atoms with Crippen LogP contribution < -0.4 is 14.8 Å². The Hall–Kier alpha value is -2.15. The van der Waals surface area contributed by atoms with Crippen molar-refractivity contribution in [3.8, 4) is 11.5 Å². The van der Waals surface area contributed by atoms with Crippen LogP contribution in [0.5, 0.6) is 11.5 Å². The summed E-state index contributed by atoms with van der Waals surface area (Å²) >= 11 is 6.45. The van der Waals surface area contributed by atoms with Gasteiger partial charge in [0.15, 0.2) is 11.9 Å². The molecule has 2 aromatic carbocycles. The molecule has 0 saturated carbocycles. The van der Waals surface area contributed by atoms with Crippen molar-refractivity contribution in [1.29, 1.82) is 0 Å². The van der Waals surface area contributed by atoms with Gasteiger partial charge in [0, 0.05) is 24.6 Å². The minimum Gasteiger partial charge on any atom is -0.493 e. The van der Waals surface area contributed by atoms with Crippen LogP contribution in [0.4, 0.5) is 4.39 Å². The van der Waals surface area contributed by atoms with E-state index < -0.39 is 17.8 Å². The fourth-order valence-corrected chi connectivity index (χ4v) is 3.69. The fourth-order valence-electron chi connectivity index (χ4n) is 3.46. The summed E-state index contributed by atoms with van der Waals surface area (Å²) in [7, 11) is 0. The average molecular weight is 436 g/mol. The van der Waals surface area contributed by atoms with Gasteiger partial charge in [0.1, 0.15) is 17.7 Å². The third-order valence-electron chi connectivity index (χ3n) is 5.54. The Balaban J connectivity index is 1.85. The highest BCUT2D eigenvalue weighted by Crippen LogP contribution is 2.41. The number of benzene rings is 2. The number of Topliss-reactive ketones (excluding diaryl/α,β-unsaturated/α-hetero) is 1. The molecule has 2 aromatic rings. The lowest BCUT2D eigenvalue weighted by Crippen LogP contribution is -2.51. The molecular formula is C23H27ClFNO4. The molecule has 162 valence electrons. The second kappa shape index (κ2) is 9.33. The van der Waals surface area contributed by atoms with Crippen molar-refractivity contribution in [3.63, 3.8) is 0 Å². The number of aliphatic hydroxyl groups is 1. The molecule has 5 nitrogen and oxygen atoms in total. The number of nitrogens with one attached hydrogen (secondary N) is 1. The van der Waals surface area contributed by atoms with Gasteiger partial charge in [0.05, 0.1) is 23.8 Å². The lowest BCUT2D eigenvalue weighted by Gasteiger charge is -2.26. The number of ketones is 1. The fraction of sp³-hybridized carbons (Fsp3) is 0.435. The van der Waals surface area contributed by atoms with Crippen LogP contribution in [0.3, 0.4) is 0 Å². The van der Waals surface area contributed by atoms with Gasteiger partial charge in [-0.05, 0) is 38.0 Å². The number of carbonyl (C=O) groups excluding carboxylic acids is 1. The number of alkyl halides is 1. The van der Waals surface area contributed by atoms with E-state index in [1.165, 1.54) is 6.92 Å². The van der Waals surface area contributed by atoms with Gasteiger partial charge >= 0.3 is 0 Å². The van der Waals surface area contributed by atoms with Gasteiger partial charge in [-0.15, -0.1) is 0 Å². The van der Waals surface area contributed by atoms with Gasteiger partial charge in [-0.3, -0.25) is 10.1 Å². The SMILES string of the molecule is CCOc1cc(O[C@@H]2c3ccccc3C[C@@H]2F)c(Cl)cc1CN[C@@](C)(CO)C(C)=O. The number of carbonyl (C=O) groups is 1. The van der Waals surface area contributed by atoms with Crippen LogP contribution in [0.25, 0.3) is 0 Å². The summed E-state index contributed by atoms with van der Waals surface area (Å²) in [4.78, 5) is 11.8. The summed E-state index contributed by atoms with van der Waals surface area (Å²) < 4.78 is 26.4. The molecule has 0 radical (unpaired) electrons. The van der Waals surface area contributed by atoms with Crippen molar-refractivity contribution < 1.29 is 23.8 Å². The van der Waals surface area contributed by atoms with E-state index in [4.69, 9.17) is 21.1 Å². The molecule has 0 saturated heterocycles. The standard InChI is InChI=1S/C23H27ClFNO4/c1-4-29-20-11-21(30-22-17-8-6-5-7-15(17)10-19(22)25)18(24)9-16(20)12-26-23(3,13-27)14(2)28/h5-9,11,19,22,26-27H,4,10,12-13H2,1-3H3/t19-,22+,23-/m0/s1. The first-order chi connectivity index (χ1) is 14.3. The molecule has 0 bridgehead atoms. The van der Waals surface area contributed by atoms with E-state index in [-0.39, 0.29) is 18.9 Å². The summed E-state index contributed by atoms with van der Waals surface area (Å²) in [6, 6.07) is 10.9. The normalized spacial score (nSPS) is 19.8. The monoisotopic (exact) mass is 435 g/mol. The van der Waals surface area contributed by atoms with Crippen LogP contribution >= 0.6 is 11.6 Å². The molecule has 0 spiro atoms. The molecule has 0 aliphatic heterocycles. The van der Waals surface area contributed by atoms with Crippen LogP contribution in [0.1, 0.15) is 43.6 Å². The lowest BCUT2D eigenvalue weighted by atomic mass is 9.98. The highest BCUT2D eigenvalue weighted by Gasteiger charge is 2.35. The Morgan fingerprint density at radius 1 is 1.33 bits per heavy atom. The van der Waals surface area contributed by atoms with Gasteiger partial charge < -0.3 is 14.6 Å². The zero-order valence-electron chi connectivity index (χ0n) is 17.4. The summed E-state index contributed by atoms with van der Waals surface area (Å²) in [5, 5.41) is 13.0. The highest BCUT2D eigenvalue weighted by atomic mass is 35.5. The van der Waals surface area contributed by atoms with Crippen molar-refractivity contribution in [2.45, 2.75) is 51.6 Å². The molecule has 0 fully saturated rings. The van der Waals surface area contributed by atoms with Crippen LogP contribution in [-0.2, 0) is 17.8 Å². The predicted molar refractivity (Wildman–Crippen MR) is 114 cm³/mol. The summed E-state index contributed by atoms with van der Waals surface area (Å²) in [5.74, 6) is 0.683. The van der Waals surface area contributed by atoms with E-state index in [1.807, 2.05) is 31.2 Å². The van der Waals surface area contributed by atoms with Gasteiger partial charge in [-0.1, -0.05) is 35.9 Å². The van der Waals surface area contributed by atoms with Crippen LogP contribution in [0, 0.1) is 0 Å². The van der Waals surface area contributed by atoms with Crippen molar-refractivity contribution in [2.24, 2.45) is 0 Å². The Morgan fingerprint density at radius 2 is 2.07 bits per heavy atom. The maximum atomic E-state index is 14.6. The summed E-state index contributed by atoms with van der Waals surface area (Å²) in [5.41, 5.74) is 1.40. The van der Waals surface area contributed by atoms with Crippen LogP contribution in [0.15, 0.2) is 36.4 Å². The molecular weight excluding hydrogens is 409 g/mol. The molecule has 3 rings (SSSR count). The maximum Gasteiger partial charge on any atom is 0.155 e. The highest BCUT2D eigenvalue weighted by molar-refractivity contribution is 6.32. The summed E-state index contributed by atoms with van der Waals surface area (Å²) in [6.07, 6.45) is -1.58. The van der Waals surface area contributed by atoms with Gasteiger partial charge in [-0.2, -0.15) is 0 Å². The van der Waals surface area contributed by atoms with Crippen molar-refractivity contribution in [1.82, 2.24) is 5.32 Å². The van der Waals surface area contributed by atoms with Crippen molar-refractivity contribution >= 4 is 17.4 Å². The number of aliphatic hydroxyl groups excluding tert-OH is 1. The minimum atomic E-state index is -1.16. The van der Waals surface area contributed by atoms with Crippen molar-refractivity contribution in [3.05, 3.63) is 58.1 Å². The number of rotatable bonds is 9. The molecule has 1 aliphatic carbocycles. The van der Waals surface area contributed by atoms with Gasteiger partial charge in [-0.25, -0.2) is 4.39 Å². The number of hydrogen-bond donors (Lipinski definition) is 2. The zero-order valence-corrected chi connectivity index (χ0v) is 18.1. The molecule has 0 amide bonds. The quantitative estimate of drug-likeness (QED) is 0.618. The second-order valence-corrected chi connectivity index (χ2v) is 8.09.